The van der Waals surface area contributed by atoms with Crippen molar-refractivity contribution in [1.82, 2.24) is 0 Å². The number of carbonyl (C=O) groups excluding carboxylic acids is 1. The van der Waals surface area contributed by atoms with Gasteiger partial charge in [0.25, 0.3) is 0 Å². The van der Waals surface area contributed by atoms with Gasteiger partial charge >= 0.3 is 5.97 Å². The number of hydrogen-bond donors (Lipinski definition) is 1. The zero-order valence-corrected chi connectivity index (χ0v) is 7.80. The average Bonchev–Trinajstić information content (AvgIpc) is 2.04. The first-order chi connectivity index (χ1) is 5.25. The summed E-state index contributed by atoms with van der Waals surface area (Å²) in [6, 6.07) is -0.101. The van der Waals surface area contributed by atoms with E-state index >= 15 is 0 Å². The molecular weight excluding hydrogens is 182 g/mol. The number of hydrogen-bond acceptors (Lipinski definition) is 4. The van der Waals surface area contributed by atoms with Crippen molar-refractivity contribution in [3.8, 4) is 0 Å². The Bertz CT molecular complexity index is 154. The second-order valence-corrected chi connectivity index (χ2v) is 2.66. The molecule has 0 aromatic rings. The predicted molar refractivity (Wildman–Crippen MR) is 46.2 cm³/mol. The van der Waals surface area contributed by atoms with Crippen LogP contribution >= 0.6 is 12.4 Å². The fourth-order valence-corrected chi connectivity index (χ4v) is 1.15. The van der Waals surface area contributed by atoms with Crippen LogP contribution in [0.1, 0.15) is 6.42 Å². The standard InChI is InChI=1S/C7H13NO3.ClH/c1-10-7(9)5-4-11-3-2-6(5)8;/h5-6H,2-4,8H2,1H3;1H/t5-,6-;/m1./s1. The lowest BCUT2D eigenvalue weighted by Gasteiger charge is -2.26. The first kappa shape index (κ1) is 11.7. The van der Waals surface area contributed by atoms with E-state index in [0.29, 0.717) is 13.2 Å². The van der Waals surface area contributed by atoms with E-state index in [1.54, 1.807) is 0 Å². The fourth-order valence-electron chi connectivity index (χ4n) is 1.15. The number of carbonyl (C=O) groups is 1. The van der Waals surface area contributed by atoms with Crippen LogP contribution in [-0.2, 0) is 14.3 Å². The van der Waals surface area contributed by atoms with Crippen molar-refractivity contribution >= 4 is 18.4 Å². The Hall–Kier alpha value is -0.320. The van der Waals surface area contributed by atoms with Gasteiger partial charge in [-0.3, -0.25) is 4.79 Å². The molecular formula is C7H14ClNO3. The van der Waals surface area contributed by atoms with Crippen molar-refractivity contribution in [3.63, 3.8) is 0 Å². The maximum atomic E-state index is 11.0. The highest BCUT2D eigenvalue weighted by Gasteiger charge is 2.29. The number of esters is 1. The molecule has 1 aliphatic heterocycles. The minimum Gasteiger partial charge on any atom is -0.469 e. The van der Waals surface area contributed by atoms with Crippen molar-refractivity contribution in [1.29, 1.82) is 0 Å². The molecule has 0 radical (unpaired) electrons. The Kier molecular flexibility index (Phi) is 5.20. The summed E-state index contributed by atoms with van der Waals surface area (Å²) >= 11 is 0. The molecule has 4 nitrogen and oxygen atoms in total. The van der Waals surface area contributed by atoms with Crippen LogP contribution in [0.15, 0.2) is 0 Å². The molecule has 0 aromatic heterocycles. The minimum atomic E-state index is -0.270. The molecule has 0 aromatic carbocycles. The average molecular weight is 196 g/mol. The lowest BCUT2D eigenvalue weighted by atomic mass is 9.97. The molecule has 1 aliphatic rings. The number of methoxy groups -OCH3 is 1. The normalized spacial score (nSPS) is 28.8. The van der Waals surface area contributed by atoms with E-state index in [0.717, 1.165) is 6.42 Å². The molecule has 2 atom stereocenters. The first-order valence-electron chi connectivity index (χ1n) is 3.67. The summed E-state index contributed by atoms with van der Waals surface area (Å²) in [6.07, 6.45) is 0.736. The highest BCUT2D eigenvalue weighted by atomic mass is 35.5. The number of halogens is 1. The smallest absolute Gasteiger partial charge is 0.312 e. The summed E-state index contributed by atoms with van der Waals surface area (Å²) < 4.78 is 9.66. The van der Waals surface area contributed by atoms with Gasteiger partial charge in [-0.2, -0.15) is 0 Å². The molecule has 72 valence electrons. The Labute approximate surface area is 77.8 Å². The Balaban J connectivity index is 0.00000121. The molecule has 0 aliphatic carbocycles. The van der Waals surface area contributed by atoms with Gasteiger partial charge in [-0.05, 0) is 6.42 Å². The third-order valence-electron chi connectivity index (χ3n) is 1.91. The summed E-state index contributed by atoms with van der Waals surface area (Å²) in [6.45, 7) is 1.04. The van der Waals surface area contributed by atoms with Gasteiger partial charge in [0, 0.05) is 12.6 Å². The highest BCUT2D eigenvalue weighted by Crippen LogP contribution is 2.13. The Morgan fingerprint density at radius 1 is 1.67 bits per heavy atom. The minimum absolute atomic E-state index is 0. The molecule has 12 heavy (non-hydrogen) atoms. The maximum Gasteiger partial charge on any atom is 0.312 e. The molecule has 1 fully saturated rings. The number of ether oxygens (including phenoxy) is 2. The van der Waals surface area contributed by atoms with Crippen molar-refractivity contribution in [3.05, 3.63) is 0 Å². The third-order valence-corrected chi connectivity index (χ3v) is 1.91. The molecule has 5 heteroatoms. The van der Waals surface area contributed by atoms with Gasteiger partial charge in [0.1, 0.15) is 0 Å². The van der Waals surface area contributed by atoms with Gasteiger partial charge in [-0.25, -0.2) is 0 Å². The lowest BCUT2D eigenvalue weighted by molar-refractivity contribution is -0.150. The highest BCUT2D eigenvalue weighted by molar-refractivity contribution is 5.85. The van der Waals surface area contributed by atoms with E-state index in [1.165, 1.54) is 7.11 Å². The van der Waals surface area contributed by atoms with Gasteiger partial charge in [0.15, 0.2) is 0 Å². The molecule has 0 saturated carbocycles. The second kappa shape index (κ2) is 5.35. The summed E-state index contributed by atoms with van der Waals surface area (Å²) in [5, 5.41) is 0. The van der Waals surface area contributed by atoms with Gasteiger partial charge in [0.05, 0.1) is 19.6 Å². The molecule has 0 amide bonds. The van der Waals surface area contributed by atoms with Crippen LogP contribution in [0.4, 0.5) is 0 Å². The van der Waals surface area contributed by atoms with Gasteiger partial charge in [-0.15, -0.1) is 12.4 Å². The zero-order valence-electron chi connectivity index (χ0n) is 6.99. The maximum absolute atomic E-state index is 11.0. The first-order valence-corrected chi connectivity index (χ1v) is 3.67. The van der Waals surface area contributed by atoms with Gasteiger partial charge in [0.2, 0.25) is 0 Å². The zero-order chi connectivity index (χ0) is 8.27. The van der Waals surface area contributed by atoms with E-state index < -0.39 is 0 Å². The molecule has 1 saturated heterocycles. The second-order valence-electron chi connectivity index (χ2n) is 2.66. The van der Waals surface area contributed by atoms with Crippen LogP contribution in [0, 0.1) is 5.92 Å². The van der Waals surface area contributed by atoms with Crippen LogP contribution in [0.2, 0.25) is 0 Å². The summed E-state index contributed by atoms with van der Waals surface area (Å²) in [5.41, 5.74) is 5.67. The summed E-state index contributed by atoms with van der Waals surface area (Å²) in [4.78, 5) is 11.0. The van der Waals surface area contributed by atoms with Gasteiger partial charge < -0.3 is 15.2 Å². The van der Waals surface area contributed by atoms with Gasteiger partial charge in [-0.1, -0.05) is 0 Å². The van der Waals surface area contributed by atoms with E-state index in [2.05, 4.69) is 4.74 Å². The quantitative estimate of drug-likeness (QED) is 0.596. The molecule has 1 rings (SSSR count). The van der Waals surface area contributed by atoms with Crippen LogP contribution in [0.3, 0.4) is 0 Å². The van der Waals surface area contributed by atoms with Crippen molar-refractivity contribution in [2.24, 2.45) is 11.7 Å². The molecule has 0 unspecified atom stereocenters. The van der Waals surface area contributed by atoms with Crippen LogP contribution < -0.4 is 5.73 Å². The number of nitrogens with two attached hydrogens (primary N) is 1. The van der Waals surface area contributed by atoms with E-state index in [-0.39, 0.29) is 30.3 Å². The van der Waals surface area contributed by atoms with E-state index in [4.69, 9.17) is 10.5 Å². The molecule has 0 bridgehead atoms. The SMILES string of the molecule is COC(=O)[C@@H]1COCC[C@H]1N.Cl. The van der Waals surface area contributed by atoms with Crippen LogP contribution in [0.25, 0.3) is 0 Å². The molecule has 2 N–H and O–H groups in total. The van der Waals surface area contributed by atoms with Crippen LogP contribution in [0.5, 0.6) is 0 Å². The summed E-state index contributed by atoms with van der Waals surface area (Å²) in [7, 11) is 1.36. The lowest BCUT2D eigenvalue weighted by Crippen LogP contribution is -2.43. The Morgan fingerprint density at radius 2 is 2.33 bits per heavy atom. The largest absolute Gasteiger partial charge is 0.469 e. The number of rotatable bonds is 1. The fraction of sp³-hybridized carbons (Fsp3) is 0.857. The van der Waals surface area contributed by atoms with Crippen LogP contribution in [-0.4, -0.2) is 32.3 Å². The van der Waals surface area contributed by atoms with E-state index in [1.807, 2.05) is 0 Å². The molecule has 0 spiro atoms. The predicted octanol–water partition coefficient (Wildman–Crippen LogP) is -0.0550. The van der Waals surface area contributed by atoms with E-state index in [9.17, 15) is 4.79 Å². The third kappa shape index (κ3) is 2.62. The van der Waals surface area contributed by atoms with Crippen molar-refractivity contribution < 1.29 is 14.3 Å². The molecule has 1 heterocycles. The topological polar surface area (TPSA) is 61.5 Å². The monoisotopic (exact) mass is 195 g/mol. The Morgan fingerprint density at radius 3 is 2.83 bits per heavy atom. The van der Waals surface area contributed by atoms with Crippen molar-refractivity contribution in [2.75, 3.05) is 20.3 Å². The van der Waals surface area contributed by atoms with Crippen molar-refractivity contribution in [2.45, 2.75) is 12.5 Å². The summed E-state index contributed by atoms with van der Waals surface area (Å²) in [5.74, 6) is -0.536.